The third-order valence-electron chi connectivity index (χ3n) is 6.12. The van der Waals surface area contributed by atoms with E-state index in [9.17, 15) is 14.4 Å². The molecule has 10 heteroatoms. The van der Waals surface area contributed by atoms with Crippen LogP contribution in [0.15, 0.2) is 54.4 Å². The highest BCUT2D eigenvalue weighted by atomic mass is 16.5. The summed E-state index contributed by atoms with van der Waals surface area (Å²) in [5.41, 5.74) is 8.38. The van der Waals surface area contributed by atoms with E-state index in [2.05, 4.69) is 0 Å². The summed E-state index contributed by atoms with van der Waals surface area (Å²) in [5.74, 6) is 7.13. The third-order valence-corrected chi connectivity index (χ3v) is 6.12. The minimum Gasteiger partial charge on any atom is -0.488 e. The molecule has 2 heterocycles. The van der Waals surface area contributed by atoms with Gasteiger partial charge < -0.3 is 34.4 Å². The molecule has 1 fully saturated rings. The first-order valence-corrected chi connectivity index (χ1v) is 11.8. The standard InChI is InChI=1S/C26H30N4O6/c27-18(13-30(28)19-6-8-21(9-7-19)36-22-10-12-34-17-22)16-35-25-5-1-4-23-24(25)14-29(26(23)33)20(15-32)3-2-11-31/h1,4-9,11,13,15,20,22H,2-3,10,12,14,16-17,27-28H2/b18-13-/t20?,22-/m1/s1. The van der Waals surface area contributed by atoms with Gasteiger partial charge in [0, 0.05) is 30.2 Å². The lowest BCUT2D eigenvalue weighted by Crippen LogP contribution is -2.36. The molecule has 2 aromatic carbocycles. The number of hydrogen-bond acceptors (Lipinski definition) is 9. The van der Waals surface area contributed by atoms with Crippen molar-refractivity contribution in [3.63, 3.8) is 0 Å². The van der Waals surface area contributed by atoms with Gasteiger partial charge in [0.25, 0.3) is 5.91 Å². The van der Waals surface area contributed by atoms with Gasteiger partial charge in [0.2, 0.25) is 0 Å². The van der Waals surface area contributed by atoms with Crippen LogP contribution < -0.4 is 26.1 Å². The Balaban J connectivity index is 1.36. The van der Waals surface area contributed by atoms with Gasteiger partial charge in [0.1, 0.15) is 36.8 Å². The van der Waals surface area contributed by atoms with Crippen molar-refractivity contribution in [3.05, 3.63) is 65.5 Å². The molecule has 0 bridgehead atoms. The maximum atomic E-state index is 12.8. The fourth-order valence-electron chi connectivity index (χ4n) is 4.21. The maximum Gasteiger partial charge on any atom is 0.255 e. The molecule has 0 aromatic heterocycles. The Kier molecular flexibility index (Phi) is 8.19. The summed E-state index contributed by atoms with van der Waals surface area (Å²) in [5, 5.41) is 1.39. The van der Waals surface area contributed by atoms with E-state index in [1.54, 1.807) is 24.4 Å². The van der Waals surface area contributed by atoms with Crippen molar-refractivity contribution in [2.75, 3.05) is 24.8 Å². The van der Waals surface area contributed by atoms with E-state index in [4.69, 9.17) is 25.8 Å². The van der Waals surface area contributed by atoms with Crippen LogP contribution in [0, 0.1) is 0 Å². The molecule has 4 N–H and O–H groups in total. The summed E-state index contributed by atoms with van der Waals surface area (Å²) in [6, 6.07) is 11.8. The van der Waals surface area contributed by atoms with Gasteiger partial charge in [0.15, 0.2) is 0 Å². The lowest BCUT2D eigenvalue weighted by molar-refractivity contribution is -0.112. The van der Waals surface area contributed by atoms with Crippen molar-refractivity contribution in [3.8, 4) is 11.5 Å². The second-order valence-electron chi connectivity index (χ2n) is 8.66. The van der Waals surface area contributed by atoms with Crippen molar-refractivity contribution >= 4 is 24.2 Å². The first-order chi connectivity index (χ1) is 17.5. The first-order valence-electron chi connectivity index (χ1n) is 11.8. The normalized spacial score (nSPS) is 18.0. The van der Waals surface area contributed by atoms with Gasteiger partial charge in [-0.3, -0.25) is 9.80 Å². The molecule has 10 nitrogen and oxygen atoms in total. The van der Waals surface area contributed by atoms with Crippen LogP contribution in [0.2, 0.25) is 0 Å². The van der Waals surface area contributed by atoms with Gasteiger partial charge in [-0.1, -0.05) is 6.07 Å². The van der Waals surface area contributed by atoms with Crippen molar-refractivity contribution < 1.29 is 28.6 Å². The van der Waals surface area contributed by atoms with Crippen molar-refractivity contribution in [1.29, 1.82) is 0 Å². The highest BCUT2D eigenvalue weighted by Crippen LogP contribution is 2.32. The second kappa shape index (κ2) is 11.7. The molecule has 0 aliphatic carbocycles. The van der Waals surface area contributed by atoms with Crippen LogP contribution in [0.25, 0.3) is 0 Å². The summed E-state index contributed by atoms with van der Waals surface area (Å²) in [7, 11) is 0. The smallest absolute Gasteiger partial charge is 0.255 e. The maximum absolute atomic E-state index is 12.8. The molecule has 1 saturated heterocycles. The largest absolute Gasteiger partial charge is 0.488 e. The molecule has 0 spiro atoms. The van der Waals surface area contributed by atoms with Gasteiger partial charge in [0.05, 0.1) is 37.2 Å². The highest BCUT2D eigenvalue weighted by molar-refractivity contribution is 6.00. The SMILES string of the molecule is N/C(=C\N(N)c1ccc(O[C@@H]2CCOC2)cc1)COc1cccc2c1CN(C(C=O)CCC=O)C2=O. The molecule has 190 valence electrons. The number of carbonyl (C=O) groups is 3. The Morgan fingerprint density at radius 2 is 2.03 bits per heavy atom. The number of anilines is 1. The van der Waals surface area contributed by atoms with E-state index in [1.165, 1.54) is 9.91 Å². The molecule has 1 amide bonds. The van der Waals surface area contributed by atoms with Crippen molar-refractivity contribution in [2.45, 2.75) is 38.0 Å². The van der Waals surface area contributed by atoms with Gasteiger partial charge in [-0.15, -0.1) is 0 Å². The Morgan fingerprint density at radius 1 is 1.22 bits per heavy atom. The van der Waals surface area contributed by atoms with E-state index in [1.807, 2.05) is 24.3 Å². The number of benzene rings is 2. The number of carbonyl (C=O) groups excluding carboxylic acids is 3. The minimum atomic E-state index is -0.665. The Bertz CT molecular complexity index is 1110. The van der Waals surface area contributed by atoms with Crippen LogP contribution in [0.5, 0.6) is 11.5 Å². The van der Waals surface area contributed by atoms with Crippen LogP contribution in [-0.4, -0.2) is 55.3 Å². The minimum absolute atomic E-state index is 0.0451. The van der Waals surface area contributed by atoms with Gasteiger partial charge in [-0.25, -0.2) is 5.84 Å². The fourth-order valence-corrected chi connectivity index (χ4v) is 4.21. The quantitative estimate of drug-likeness (QED) is 0.257. The lowest BCUT2D eigenvalue weighted by atomic mass is 10.1. The number of ether oxygens (including phenoxy) is 3. The lowest BCUT2D eigenvalue weighted by Gasteiger charge is -2.22. The van der Waals surface area contributed by atoms with Crippen molar-refractivity contribution in [2.24, 2.45) is 11.6 Å². The van der Waals surface area contributed by atoms with Crippen molar-refractivity contribution in [1.82, 2.24) is 4.90 Å². The van der Waals surface area contributed by atoms with Gasteiger partial charge in [-0.2, -0.15) is 0 Å². The summed E-state index contributed by atoms with van der Waals surface area (Å²) < 4.78 is 17.1. The average molecular weight is 495 g/mol. The number of hydrogen-bond donors (Lipinski definition) is 2. The average Bonchev–Trinajstić information content (AvgIpc) is 3.52. The van der Waals surface area contributed by atoms with Gasteiger partial charge in [-0.05, 0) is 42.8 Å². The summed E-state index contributed by atoms with van der Waals surface area (Å²) >= 11 is 0. The van der Waals surface area contributed by atoms with Crippen LogP contribution in [0.4, 0.5) is 5.69 Å². The zero-order valence-electron chi connectivity index (χ0n) is 19.9. The zero-order valence-corrected chi connectivity index (χ0v) is 19.9. The zero-order chi connectivity index (χ0) is 25.5. The Labute approximate surface area is 209 Å². The molecule has 36 heavy (non-hydrogen) atoms. The second-order valence-corrected chi connectivity index (χ2v) is 8.66. The molecule has 4 rings (SSSR count). The summed E-state index contributed by atoms with van der Waals surface area (Å²) in [6.45, 7) is 1.58. The van der Waals surface area contributed by atoms with Gasteiger partial charge >= 0.3 is 0 Å². The molecule has 2 aliphatic heterocycles. The number of fused-ring (bicyclic) bond motifs is 1. The van der Waals surface area contributed by atoms with E-state index >= 15 is 0 Å². The predicted octanol–water partition coefficient (Wildman–Crippen LogP) is 1.92. The molecule has 0 radical (unpaired) electrons. The molecule has 2 aliphatic rings. The molecule has 2 atom stereocenters. The van der Waals surface area contributed by atoms with E-state index in [0.717, 1.165) is 18.5 Å². The highest BCUT2D eigenvalue weighted by Gasteiger charge is 2.34. The number of nitrogens with zero attached hydrogens (tertiary/aromatic N) is 2. The molecular weight excluding hydrogens is 464 g/mol. The number of hydrazine groups is 1. The number of aldehydes is 2. The summed E-state index contributed by atoms with van der Waals surface area (Å²) in [6.07, 6.45) is 4.43. The van der Waals surface area contributed by atoms with Crippen LogP contribution >= 0.6 is 0 Å². The Hall–Kier alpha value is -3.89. The van der Waals surface area contributed by atoms with Crippen LogP contribution in [0.3, 0.4) is 0 Å². The monoisotopic (exact) mass is 494 g/mol. The first kappa shape index (κ1) is 25.2. The molecular formula is C26H30N4O6. The number of amides is 1. The van der Waals surface area contributed by atoms with Crippen LogP contribution in [-0.2, 0) is 20.9 Å². The summed E-state index contributed by atoms with van der Waals surface area (Å²) in [4.78, 5) is 36.5. The third kappa shape index (κ3) is 5.84. The number of rotatable bonds is 12. The molecule has 0 saturated carbocycles. The van der Waals surface area contributed by atoms with E-state index in [0.29, 0.717) is 47.8 Å². The Morgan fingerprint density at radius 3 is 2.72 bits per heavy atom. The topological polar surface area (TPSA) is 137 Å². The number of nitrogens with two attached hydrogens (primary N) is 2. The van der Waals surface area contributed by atoms with E-state index < -0.39 is 6.04 Å². The molecule has 2 aromatic rings. The molecule has 1 unspecified atom stereocenters. The van der Waals surface area contributed by atoms with E-state index in [-0.39, 0.29) is 38.0 Å². The predicted molar refractivity (Wildman–Crippen MR) is 132 cm³/mol. The van der Waals surface area contributed by atoms with Crippen LogP contribution in [0.1, 0.15) is 35.2 Å². The fraction of sp³-hybridized carbons (Fsp3) is 0.346.